The minimum atomic E-state index is -3.83. The van der Waals surface area contributed by atoms with Crippen molar-refractivity contribution in [3.63, 3.8) is 0 Å². The van der Waals surface area contributed by atoms with Crippen LogP contribution >= 0.6 is 0 Å². The molecule has 0 fully saturated rings. The molecule has 9 heteroatoms. The number of aromatic nitrogens is 2. The number of esters is 1. The second kappa shape index (κ2) is 7.91. The van der Waals surface area contributed by atoms with E-state index in [4.69, 9.17) is 4.74 Å². The number of carbonyl (C=O) groups is 1. The third-order valence-electron chi connectivity index (χ3n) is 4.06. The first-order chi connectivity index (χ1) is 13.3. The fourth-order valence-corrected chi connectivity index (χ4v) is 3.52. The molecule has 0 aliphatic carbocycles. The molecule has 2 N–H and O–H groups in total. The van der Waals surface area contributed by atoms with Crippen LogP contribution in [0.15, 0.2) is 58.2 Å². The van der Waals surface area contributed by atoms with Gasteiger partial charge in [0.05, 0.1) is 15.8 Å². The van der Waals surface area contributed by atoms with Crippen LogP contribution in [0.5, 0.6) is 0 Å². The van der Waals surface area contributed by atoms with Gasteiger partial charge in [0.25, 0.3) is 5.56 Å². The van der Waals surface area contributed by atoms with Gasteiger partial charge in [-0.1, -0.05) is 29.8 Å². The molecule has 0 radical (unpaired) electrons. The van der Waals surface area contributed by atoms with Gasteiger partial charge < -0.3 is 9.72 Å². The van der Waals surface area contributed by atoms with Crippen molar-refractivity contribution in [2.24, 2.45) is 0 Å². The van der Waals surface area contributed by atoms with Crippen LogP contribution in [0.1, 0.15) is 24.4 Å². The Morgan fingerprint density at radius 3 is 2.57 bits per heavy atom. The fourth-order valence-electron chi connectivity index (χ4n) is 2.55. The summed E-state index contributed by atoms with van der Waals surface area (Å²) in [5.74, 6) is -0.613. The topological polar surface area (TPSA) is 118 Å². The normalized spacial score (nSPS) is 12.6. The number of benzene rings is 2. The highest BCUT2D eigenvalue weighted by molar-refractivity contribution is 7.89. The van der Waals surface area contributed by atoms with Crippen molar-refractivity contribution in [1.82, 2.24) is 14.7 Å². The van der Waals surface area contributed by atoms with E-state index >= 15 is 0 Å². The maximum Gasteiger partial charge on any atom is 0.321 e. The van der Waals surface area contributed by atoms with Crippen LogP contribution in [0, 0.1) is 6.92 Å². The lowest BCUT2D eigenvalue weighted by molar-refractivity contribution is -0.147. The molecule has 28 heavy (non-hydrogen) atoms. The molecule has 1 atom stereocenters. The fraction of sp³-hybridized carbons (Fsp3) is 0.211. The van der Waals surface area contributed by atoms with Crippen molar-refractivity contribution < 1.29 is 17.9 Å². The average molecular weight is 401 g/mol. The number of fused-ring (bicyclic) bond motifs is 1. The molecule has 0 bridgehead atoms. The first kappa shape index (κ1) is 19.7. The van der Waals surface area contributed by atoms with Crippen LogP contribution < -0.4 is 10.3 Å². The van der Waals surface area contributed by atoms with E-state index in [1.165, 1.54) is 12.1 Å². The lowest BCUT2D eigenvalue weighted by Crippen LogP contribution is -2.31. The van der Waals surface area contributed by atoms with Crippen LogP contribution in [-0.4, -0.2) is 30.9 Å². The Morgan fingerprint density at radius 1 is 1.18 bits per heavy atom. The van der Waals surface area contributed by atoms with E-state index in [9.17, 15) is 18.0 Å². The third kappa shape index (κ3) is 4.44. The summed E-state index contributed by atoms with van der Waals surface area (Å²) < 4.78 is 31.8. The largest absolute Gasteiger partial charge is 0.454 e. The first-order valence-electron chi connectivity index (χ1n) is 8.51. The monoisotopic (exact) mass is 401 g/mol. The van der Waals surface area contributed by atoms with Crippen molar-refractivity contribution in [2.75, 3.05) is 6.54 Å². The Labute approximate surface area is 161 Å². The number of nitrogens with zero attached hydrogens (tertiary/aromatic N) is 1. The van der Waals surface area contributed by atoms with E-state index in [2.05, 4.69) is 14.7 Å². The highest BCUT2D eigenvalue weighted by atomic mass is 32.2. The van der Waals surface area contributed by atoms with Crippen molar-refractivity contribution in [1.29, 1.82) is 0 Å². The summed E-state index contributed by atoms with van der Waals surface area (Å²) in [6, 6.07) is 13.0. The molecule has 0 unspecified atom stereocenters. The molecule has 146 valence electrons. The SMILES string of the molecule is Cc1ccc(S(=O)(=O)NCC(=O)O[C@H](C)c2nc3ccccc3c(=O)[nH]2)cc1. The van der Waals surface area contributed by atoms with Gasteiger partial charge in [-0.05, 0) is 38.1 Å². The maximum atomic E-state index is 12.2. The van der Waals surface area contributed by atoms with E-state index in [-0.39, 0.29) is 16.3 Å². The predicted molar refractivity (Wildman–Crippen MR) is 103 cm³/mol. The number of ether oxygens (including phenoxy) is 1. The Balaban J connectivity index is 1.66. The van der Waals surface area contributed by atoms with Crippen LogP contribution in [0.2, 0.25) is 0 Å². The minimum absolute atomic E-state index is 0.0551. The standard InChI is InChI=1S/C19H19N3O5S/c1-12-7-9-14(10-8-12)28(25,26)20-11-17(23)27-13(2)18-21-16-6-4-3-5-15(16)19(24)22-18/h3-10,13,20H,11H2,1-2H3,(H,21,22,24)/t13-/m1/s1. The van der Waals surface area contributed by atoms with Gasteiger partial charge in [-0.3, -0.25) is 9.59 Å². The molecular formula is C19H19N3O5S. The third-order valence-corrected chi connectivity index (χ3v) is 5.48. The van der Waals surface area contributed by atoms with Gasteiger partial charge in [0.1, 0.15) is 6.54 Å². The van der Waals surface area contributed by atoms with Gasteiger partial charge in [-0.15, -0.1) is 0 Å². The number of H-pyrrole nitrogens is 1. The van der Waals surface area contributed by atoms with Crippen molar-refractivity contribution in [3.8, 4) is 0 Å². The second-order valence-electron chi connectivity index (χ2n) is 6.24. The van der Waals surface area contributed by atoms with Crippen LogP contribution in [-0.2, 0) is 19.6 Å². The lowest BCUT2D eigenvalue weighted by atomic mass is 10.2. The van der Waals surface area contributed by atoms with E-state index in [1.807, 2.05) is 6.92 Å². The molecule has 3 rings (SSSR count). The van der Waals surface area contributed by atoms with E-state index in [0.717, 1.165) is 5.56 Å². The minimum Gasteiger partial charge on any atom is -0.454 e. The number of aromatic amines is 1. The summed E-state index contributed by atoms with van der Waals surface area (Å²) in [5.41, 5.74) is 1.05. The zero-order valence-corrected chi connectivity index (χ0v) is 16.1. The van der Waals surface area contributed by atoms with Crippen molar-refractivity contribution >= 4 is 26.9 Å². The van der Waals surface area contributed by atoms with Gasteiger partial charge >= 0.3 is 5.97 Å². The smallest absolute Gasteiger partial charge is 0.321 e. The highest BCUT2D eigenvalue weighted by Crippen LogP contribution is 2.14. The van der Waals surface area contributed by atoms with Crippen LogP contribution in [0.25, 0.3) is 10.9 Å². The van der Waals surface area contributed by atoms with Gasteiger partial charge in [-0.2, -0.15) is 4.72 Å². The molecule has 0 amide bonds. The first-order valence-corrected chi connectivity index (χ1v) is 9.99. The Kier molecular flexibility index (Phi) is 5.57. The lowest BCUT2D eigenvalue weighted by Gasteiger charge is -2.13. The van der Waals surface area contributed by atoms with Gasteiger partial charge in [0.2, 0.25) is 10.0 Å². The van der Waals surface area contributed by atoms with E-state index in [0.29, 0.717) is 10.9 Å². The molecule has 2 aromatic carbocycles. The summed E-state index contributed by atoms with van der Waals surface area (Å²) >= 11 is 0. The van der Waals surface area contributed by atoms with E-state index < -0.39 is 28.6 Å². The second-order valence-corrected chi connectivity index (χ2v) is 8.00. The summed E-state index contributed by atoms with van der Waals surface area (Å²) in [7, 11) is -3.83. The van der Waals surface area contributed by atoms with Crippen molar-refractivity contribution in [3.05, 3.63) is 70.3 Å². The molecule has 0 saturated heterocycles. The molecule has 0 spiro atoms. The Hall–Kier alpha value is -3.04. The summed E-state index contributed by atoms with van der Waals surface area (Å²) in [4.78, 5) is 31.1. The molecule has 0 saturated carbocycles. The number of rotatable bonds is 6. The number of hydrogen-bond donors (Lipinski definition) is 2. The zero-order valence-electron chi connectivity index (χ0n) is 15.3. The number of sulfonamides is 1. The number of aryl methyl sites for hydroxylation is 1. The molecule has 0 aliphatic rings. The number of carbonyl (C=O) groups excluding carboxylic acids is 1. The molecule has 1 aromatic heterocycles. The Morgan fingerprint density at radius 2 is 1.86 bits per heavy atom. The Bertz CT molecular complexity index is 1170. The number of hydrogen-bond acceptors (Lipinski definition) is 6. The van der Waals surface area contributed by atoms with Crippen LogP contribution in [0.3, 0.4) is 0 Å². The quantitative estimate of drug-likeness (QED) is 0.608. The van der Waals surface area contributed by atoms with Crippen LogP contribution in [0.4, 0.5) is 0 Å². The zero-order chi connectivity index (χ0) is 20.3. The molecule has 0 aliphatic heterocycles. The summed E-state index contributed by atoms with van der Waals surface area (Å²) in [6.45, 7) is 2.84. The highest BCUT2D eigenvalue weighted by Gasteiger charge is 2.19. The summed E-state index contributed by atoms with van der Waals surface area (Å²) in [6.07, 6.45) is -0.853. The maximum absolute atomic E-state index is 12.2. The van der Waals surface area contributed by atoms with Gasteiger partial charge in [0.15, 0.2) is 11.9 Å². The molecule has 3 aromatic rings. The van der Waals surface area contributed by atoms with Gasteiger partial charge in [-0.25, -0.2) is 13.4 Å². The summed E-state index contributed by atoms with van der Waals surface area (Å²) in [5, 5.41) is 0.427. The predicted octanol–water partition coefficient (Wildman–Crippen LogP) is 1.81. The molecule has 8 nitrogen and oxygen atoms in total. The van der Waals surface area contributed by atoms with Crippen molar-refractivity contribution in [2.45, 2.75) is 24.8 Å². The van der Waals surface area contributed by atoms with E-state index in [1.54, 1.807) is 43.3 Å². The van der Waals surface area contributed by atoms with Gasteiger partial charge in [0, 0.05) is 0 Å². The molecule has 1 heterocycles. The molecular weight excluding hydrogens is 382 g/mol. The average Bonchev–Trinajstić information content (AvgIpc) is 2.67. The number of nitrogens with one attached hydrogen (secondary N) is 2. The number of para-hydroxylation sites is 1.